The molecule has 0 amide bonds. The van der Waals surface area contributed by atoms with E-state index in [9.17, 15) is 14.9 Å². The molecule has 0 bridgehead atoms. The van der Waals surface area contributed by atoms with Crippen molar-refractivity contribution in [1.29, 1.82) is 0 Å². The van der Waals surface area contributed by atoms with Crippen LogP contribution in [0, 0.1) is 10.1 Å². The van der Waals surface area contributed by atoms with Crippen molar-refractivity contribution in [1.82, 2.24) is 0 Å². The molecule has 1 N–H and O–H groups in total. The van der Waals surface area contributed by atoms with Gasteiger partial charge in [0, 0.05) is 12.1 Å². The first-order valence-electron chi connectivity index (χ1n) is 4.50. The number of aliphatic carboxylic acids is 1. The summed E-state index contributed by atoms with van der Waals surface area (Å²) < 4.78 is 4.99. The SMILES string of the molecule is C=C(COc1cc(Cl)c(Cl)cc1[N+](=O)[O-])C(=O)O. The van der Waals surface area contributed by atoms with Crippen LogP contribution in [0.3, 0.4) is 0 Å². The van der Waals surface area contributed by atoms with Crippen LogP contribution >= 0.6 is 23.2 Å². The maximum absolute atomic E-state index is 10.7. The molecule has 96 valence electrons. The van der Waals surface area contributed by atoms with Crippen LogP contribution in [0.15, 0.2) is 24.3 Å². The number of halogens is 2. The lowest BCUT2D eigenvalue weighted by atomic mass is 10.3. The van der Waals surface area contributed by atoms with Crippen molar-refractivity contribution in [2.75, 3.05) is 6.61 Å². The predicted octanol–water partition coefficient (Wildman–Crippen LogP) is 2.92. The number of carbonyl (C=O) groups is 1. The molecule has 1 rings (SSSR count). The molecule has 8 heteroatoms. The Balaban J connectivity index is 3.00. The molecule has 6 nitrogen and oxygen atoms in total. The maximum atomic E-state index is 10.7. The van der Waals surface area contributed by atoms with Crippen LogP contribution in [-0.2, 0) is 4.79 Å². The van der Waals surface area contributed by atoms with Gasteiger partial charge < -0.3 is 9.84 Å². The lowest BCUT2D eigenvalue weighted by Gasteiger charge is -2.07. The molecule has 0 aliphatic heterocycles. The smallest absolute Gasteiger partial charge is 0.334 e. The van der Waals surface area contributed by atoms with E-state index >= 15 is 0 Å². The van der Waals surface area contributed by atoms with Crippen molar-refractivity contribution in [3.8, 4) is 5.75 Å². The van der Waals surface area contributed by atoms with Crippen LogP contribution in [0.4, 0.5) is 5.69 Å². The van der Waals surface area contributed by atoms with E-state index in [-0.39, 0.29) is 21.4 Å². The molecule has 0 aromatic heterocycles. The van der Waals surface area contributed by atoms with Gasteiger partial charge in [0.25, 0.3) is 0 Å². The van der Waals surface area contributed by atoms with E-state index in [1.54, 1.807) is 0 Å². The zero-order valence-corrected chi connectivity index (χ0v) is 10.4. The van der Waals surface area contributed by atoms with Gasteiger partial charge in [0.05, 0.1) is 20.5 Å². The standard InChI is InChI=1S/C10H7Cl2NO5/c1-5(10(14)15)4-18-9-3-7(12)6(11)2-8(9)13(16)17/h2-3H,1,4H2,(H,14,15). The zero-order valence-electron chi connectivity index (χ0n) is 8.85. The molecular formula is C10H7Cl2NO5. The molecule has 0 heterocycles. The van der Waals surface area contributed by atoms with Crippen LogP contribution < -0.4 is 4.74 Å². The maximum Gasteiger partial charge on any atom is 0.334 e. The Kier molecular flexibility index (Phi) is 4.52. The second-order valence-corrected chi connectivity index (χ2v) is 4.00. The van der Waals surface area contributed by atoms with Crippen LogP contribution in [0.2, 0.25) is 10.0 Å². The first-order chi connectivity index (χ1) is 8.32. The Bertz CT molecular complexity index is 529. The van der Waals surface area contributed by atoms with Gasteiger partial charge in [-0.15, -0.1) is 0 Å². The summed E-state index contributed by atoms with van der Waals surface area (Å²) in [5.74, 6) is -1.42. The average Bonchev–Trinajstić information content (AvgIpc) is 2.29. The molecule has 0 fully saturated rings. The van der Waals surface area contributed by atoms with Gasteiger partial charge in [-0.1, -0.05) is 29.8 Å². The minimum absolute atomic E-state index is 0.00720. The van der Waals surface area contributed by atoms with Crippen molar-refractivity contribution in [3.05, 3.63) is 44.4 Å². The third-order valence-electron chi connectivity index (χ3n) is 1.90. The van der Waals surface area contributed by atoms with Gasteiger partial charge in [-0.25, -0.2) is 4.79 Å². The first kappa shape index (κ1) is 14.3. The number of nitro benzene ring substituents is 1. The lowest BCUT2D eigenvalue weighted by Crippen LogP contribution is -2.09. The molecule has 0 aliphatic carbocycles. The van der Waals surface area contributed by atoms with Gasteiger partial charge in [0.15, 0.2) is 5.75 Å². The van der Waals surface area contributed by atoms with E-state index in [0.717, 1.165) is 12.1 Å². The Morgan fingerprint density at radius 2 is 2.00 bits per heavy atom. The fraction of sp³-hybridized carbons (Fsp3) is 0.100. The molecule has 1 aromatic rings. The minimum Gasteiger partial charge on any atom is -0.482 e. The molecule has 0 atom stereocenters. The summed E-state index contributed by atoms with van der Waals surface area (Å²) in [4.78, 5) is 20.5. The normalized spacial score (nSPS) is 9.89. The van der Waals surface area contributed by atoms with Gasteiger partial charge in [-0.2, -0.15) is 0 Å². The van der Waals surface area contributed by atoms with Gasteiger partial charge >= 0.3 is 11.7 Å². The second-order valence-electron chi connectivity index (χ2n) is 3.19. The van der Waals surface area contributed by atoms with Crippen molar-refractivity contribution >= 4 is 34.9 Å². The molecule has 18 heavy (non-hydrogen) atoms. The van der Waals surface area contributed by atoms with E-state index < -0.39 is 23.2 Å². The number of hydrogen-bond acceptors (Lipinski definition) is 4. The summed E-state index contributed by atoms with van der Waals surface area (Å²) in [6.07, 6.45) is 0. The topological polar surface area (TPSA) is 89.7 Å². The Morgan fingerprint density at radius 1 is 1.44 bits per heavy atom. The number of carboxylic acid groups (broad SMARTS) is 1. The predicted molar refractivity (Wildman–Crippen MR) is 65.4 cm³/mol. The van der Waals surface area contributed by atoms with Crippen molar-refractivity contribution < 1.29 is 19.6 Å². The van der Waals surface area contributed by atoms with Gasteiger partial charge in [0.2, 0.25) is 0 Å². The molecule has 0 unspecified atom stereocenters. The summed E-state index contributed by atoms with van der Waals surface area (Å²) in [6.45, 7) is 2.84. The van der Waals surface area contributed by atoms with E-state index in [1.807, 2.05) is 0 Å². The van der Waals surface area contributed by atoms with Gasteiger partial charge in [-0.3, -0.25) is 10.1 Å². The highest BCUT2D eigenvalue weighted by molar-refractivity contribution is 6.42. The van der Waals surface area contributed by atoms with Crippen LogP contribution in [-0.4, -0.2) is 22.6 Å². The quantitative estimate of drug-likeness (QED) is 0.512. The third kappa shape index (κ3) is 3.35. The largest absolute Gasteiger partial charge is 0.482 e. The number of benzene rings is 1. The Morgan fingerprint density at radius 3 is 2.50 bits per heavy atom. The summed E-state index contributed by atoms with van der Waals surface area (Å²) in [7, 11) is 0. The van der Waals surface area contributed by atoms with Crippen LogP contribution in [0.1, 0.15) is 0 Å². The Labute approximate surface area is 112 Å². The first-order valence-corrected chi connectivity index (χ1v) is 5.25. The Hall–Kier alpha value is -1.79. The number of carboxylic acids is 1. The van der Waals surface area contributed by atoms with E-state index in [4.69, 9.17) is 33.0 Å². The number of nitro groups is 1. The zero-order chi connectivity index (χ0) is 13.9. The average molecular weight is 292 g/mol. The molecule has 0 aliphatic rings. The van der Waals surface area contributed by atoms with Crippen molar-refractivity contribution in [2.24, 2.45) is 0 Å². The monoisotopic (exact) mass is 291 g/mol. The van der Waals surface area contributed by atoms with E-state index in [0.29, 0.717) is 0 Å². The summed E-state index contributed by atoms with van der Waals surface area (Å²) in [6, 6.07) is 2.18. The number of nitrogens with zero attached hydrogens (tertiary/aromatic N) is 1. The van der Waals surface area contributed by atoms with Crippen molar-refractivity contribution in [2.45, 2.75) is 0 Å². The highest BCUT2D eigenvalue weighted by atomic mass is 35.5. The molecule has 0 saturated carbocycles. The molecular weight excluding hydrogens is 285 g/mol. The highest BCUT2D eigenvalue weighted by Crippen LogP contribution is 2.35. The van der Waals surface area contributed by atoms with Gasteiger partial charge in [-0.05, 0) is 0 Å². The second kappa shape index (κ2) is 5.70. The van der Waals surface area contributed by atoms with E-state index in [2.05, 4.69) is 6.58 Å². The van der Waals surface area contributed by atoms with Crippen molar-refractivity contribution in [3.63, 3.8) is 0 Å². The fourth-order valence-corrected chi connectivity index (χ4v) is 1.31. The summed E-state index contributed by atoms with van der Waals surface area (Å²) >= 11 is 11.3. The molecule has 0 saturated heterocycles. The number of ether oxygens (including phenoxy) is 1. The van der Waals surface area contributed by atoms with Gasteiger partial charge in [0.1, 0.15) is 6.61 Å². The van der Waals surface area contributed by atoms with Crippen LogP contribution in [0.5, 0.6) is 5.75 Å². The molecule has 1 aromatic carbocycles. The number of hydrogen-bond donors (Lipinski definition) is 1. The third-order valence-corrected chi connectivity index (χ3v) is 2.63. The molecule has 0 radical (unpaired) electrons. The van der Waals surface area contributed by atoms with Crippen LogP contribution in [0.25, 0.3) is 0 Å². The van der Waals surface area contributed by atoms with E-state index in [1.165, 1.54) is 0 Å². The minimum atomic E-state index is -1.25. The fourth-order valence-electron chi connectivity index (χ4n) is 1.00. The summed E-state index contributed by atoms with van der Waals surface area (Å²) in [5.41, 5.74) is -0.641. The lowest BCUT2D eigenvalue weighted by molar-refractivity contribution is -0.385. The highest BCUT2D eigenvalue weighted by Gasteiger charge is 2.19. The number of rotatable bonds is 5. The summed E-state index contributed by atoms with van der Waals surface area (Å²) in [5, 5.41) is 19.4. The molecule has 0 spiro atoms.